The molecule has 4 nitrogen and oxygen atoms in total. The van der Waals surface area contributed by atoms with Crippen LogP contribution >= 0.6 is 0 Å². The van der Waals surface area contributed by atoms with Gasteiger partial charge >= 0.3 is 7.12 Å². The SMILES string of the molecule is CCc1ccc(F)c(C2CCN(C(=O)c3cccc(-c4cccc(B(O)O)c4)c3)CC2)c1. The molecule has 3 aromatic carbocycles. The van der Waals surface area contributed by atoms with E-state index in [0.717, 1.165) is 41.5 Å². The number of hydrogen-bond acceptors (Lipinski definition) is 3. The van der Waals surface area contributed by atoms with Gasteiger partial charge in [-0.3, -0.25) is 4.79 Å². The lowest BCUT2D eigenvalue weighted by Crippen LogP contribution is -2.38. The number of carbonyl (C=O) groups is 1. The Hall–Kier alpha value is -2.96. The van der Waals surface area contributed by atoms with Crippen LogP contribution in [0.4, 0.5) is 4.39 Å². The number of rotatable bonds is 5. The molecule has 32 heavy (non-hydrogen) atoms. The van der Waals surface area contributed by atoms with Gasteiger partial charge in [-0.1, -0.05) is 55.5 Å². The molecule has 0 atom stereocenters. The molecule has 1 aliphatic heterocycles. The van der Waals surface area contributed by atoms with Gasteiger partial charge in [-0.05, 0) is 71.1 Å². The summed E-state index contributed by atoms with van der Waals surface area (Å²) in [6.45, 7) is 3.25. The van der Waals surface area contributed by atoms with E-state index < -0.39 is 7.12 Å². The van der Waals surface area contributed by atoms with Crippen LogP contribution in [0.2, 0.25) is 0 Å². The maximum Gasteiger partial charge on any atom is 0.488 e. The van der Waals surface area contributed by atoms with Crippen LogP contribution in [-0.2, 0) is 6.42 Å². The normalized spacial score (nSPS) is 14.4. The van der Waals surface area contributed by atoms with Crippen molar-refractivity contribution in [2.45, 2.75) is 32.1 Å². The Morgan fingerprint density at radius 2 is 1.69 bits per heavy atom. The Bertz CT molecular complexity index is 1110. The zero-order chi connectivity index (χ0) is 22.7. The van der Waals surface area contributed by atoms with Crippen LogP contribution in [0.5, 0.6) is 0 Å². The van der Waals surface area contributed by atoms with E-state index in [1.807, 2.05) is 41.3 Å². The van der Waals surface area contributed by atoms with Gasteiger partial charge in [0, 0.05) is 18.7 Å². The van der Waals surface area contributed by atoms with Gasteiger partial charge in [0.2, 0.25) is 0 Å². The lowest BCUT2D eigenvalue weighted by atomic mass is 9.79. The molecule has 1 heterocycles. The smallest absolute Gasteiger partial charge is 0.423 e. The van der Waals surface area contributed by atoms with E-state index in [4.69, 9.17) is 0 Å². The maximum absolute atomic E-state index is 14.4. The highest BCUT2D eigenvalue weighted by Gasteiger charge is 2.26. The van der Waals surface area contributed by atoms with Gasteiger partial charge < -0.3 is 14.9 Å². The molecule has 3 aromatic rings. The highest BCUT2D eigenvalue weighted by atomic mass is 19.1. The van der Waals surface area contributed by atoms with Crippen molar-refractivity contribution >= 4 is 18.5 Å². The first-order valence-electron chi connectivity index (χ1n) is 11.1. The number of piperidine rings is 1. The fraction of sp³-hybridized carbons (Fsp3) is 0.269. The maximum atomic E-state index is 14.4. The van der Waals surface area contributed by atoms with E-state index in [9.17, 15) is 19.2 Å². The third-order valence-electron chi connectivity index (χ3n) is 6.32. The molecule has 164 valence electrons. The number of halogens is 1. The molecule has 1 aliphatic rings. The highest BCUT2D eigenvalue weighted by molar-refractivity contribution is 6.58. The van der Waals surface area contributed by atoms with Crippen molar-refractivity contribution in [1.82, 2.24) is 4.90 Å². The summed E-state index contributed by atoms with van der Waals surface area (Å²) in [5.74, 6) is -0.0640. The van der Waals surface area contributed by atoms with E-state index in [1.54, 1.807) is 30.3 Å². The molecule has 1 amide bonds. The number of aryl methyl sites for hydroxylation is 1. The number of amides is 1. The minimum Gasteiger partial charge on any atom is -0.423 e. The minimum atomic E-state index is -1.54. The topological polar surface area (TPSA) is 60.8 Å². The van der Waals surface area contributed by atoms with E-state index in [-0.39, 0.29) is 17.6 Å². The quantitative estimate of drug-likeness (QED) is 0.605. The van der Waals surface area contributed by atoms with E-state index >= 15 is 0 Å². The molecule has 0 aliphatic carbocycles. The Labute approximate surface area is 188 Å². The van der Waals surface area contributed by atoms with Gasteiger partial charge in [-0.25, -0.2) is 4.39 Å². The standard InChI is InChI=1S/C26H27BFNO3/c1-2-18-9-10-25(28)24(15-18)19-11-13-29(14-12-19)26(30)22-7-3-5-20(16-22)21-6-4-8-23(17-21)27(31)32/h3-10,15-17,19,31-32H,2,11-14H2,1H3. The summed E-state index contributed by atoms with van der Waals surface area (Å²) in [4.78, 5) is 15.0. The molecule has 2 N–H and O–H groups in total. The van der Waals surface area contributed by atoms with Crippen LogP contribution < -0.4 is 5.46 Å². The summed E-state index contributed by atoms with van der Waals surface area (Å²) in [5, 5.41) is 18.9. The first kappa shape index (κ1) is 22.2. The highest BCUT2D eigenvalue weighted by Crippen LogP contribution is 2.31. The van der Waals surface area contributed by atoms with Gasteiger partial charge in [0.25, 0.3) is 5.91 Å². The van der Waals surface area contributed by atoms with Crippen LogP contribution in [0.3, 0.4) is 0 Å². The minimum absolute atomic E-state index is 0.0357. The van der Waals surface area contributed by atoms with Crippen LogP contribution in [0.15, 0.2) is 66.7 Å². The number of benzene rings is 3. The predicted molar refractivity (Wildman–Crippen MR) is 125 cm³/mol. The zero-order valence-electron chi connectivity index (χ0n) is 18.2. The first-order valence-corrected chi connectivity index (χ1v) is 11.1. The van der Waals surface area contributed by atoms with Crippen molar-refractivity contribution in [3.63, 3.8) is 0 Å². The average Bonchev–Trinajstić information content (AvgIpc) is 2.84. The van der Waals surface area contributed by atoms with E-state index in [2.05, 4.69) is 6.92 Å². The van der Waals surface area contributed by atoms with Gasteiger partial charge in [0.05, 0.1) is 0 Å². The van der Waals surface area contributed by atoms with Gasteiger partial charge in [-0.2, -0.15) is 0 Å². The van der Waals surface area contributed by atoms with Crippen LogP contribution in [0.25, 0.3) is 11.1 Å². The fourth-order valence-electron chi connectivity index (χ4n) is 4.41. The first-order chi connectivity index (χ1) is 15.5. The lowest BCUT2D eigenvalue weighted by molar-refractivity contribution is 0.0712. The lowest BCUT2D eigenvalue weighted by Gasteiger charge is -2.32. The van der Waals surface area contributed by atoms with Crippen molar-refractivity contribution in [1.29, 1.82) is 0 Å². The summed E-state index contributed by atoms with van der Waals surface area (Å²) in [6, 6.07) is 19.7. The number of likely N-dealkylation sites (tertiary alicyclic amines) is 1. The second kappa shape index (κ2) is 9.68. The molecule has 0 bridgehead atoms. The molecule has 1 saturated heterocycles. The third-order valence-corrected chi connectivity index (χ3v) is 6.32. The Kier molecular flexibility index (Phi) is 6.73. The Morgan fingerprint density at radius 1 is 1.00 bits per heavy atom. The second-order valence-corrected chi connectivity index (χ2v) is 8.36. The van der Waals surface area contributed by atoms with Crippen LogP contribution in [-0.4, -0.2) is 41.1 Å². The zero-order valence-corrected chi connectivity index (χ0v) is 18.2. The average molecular weight is 431 g/mol. The molecule has 4 rings (SSSR count). The summed E-state index contributed by atoms with van der Waals surface area (Å²) in [5.41, 5.74) is 4.55. The number of carbonyl (C=O) groups excluding carboxylic acids is 1. The molecule has 0 radical (unpaired) electrons. The molecule has 0 unspecified atom stereocenters. The summed E-state index contributed by atoms with van der Waals surface area (Å²) < 4.78 is 14.4. The van der Waals surface area contributed by atoms with Gasteiger partial charge in [0.15, 0.2) is 0 Å². The largest absolute Gasteiger partial charge is 0.488 e. The van der Waals surface area contributed by atoms with Gasteiger partial charge in [-0.15, -0.1) is 0 Å². The van der Waals surface area contributed by atoms with E-state index in [0.29, 0.717) is 24.1 Å². The summed E-state index contributed by atoms with van der Waals surface area (Å²) in [7, 11) is -1.54. The number of nitrogens with zero attached hydrogens (tertiary/aromatic N) is 1. The fourth-order valence-corrected chi connectivity index (χ4v) is 4.41. The Morgan fingerprint density at radius 3 is 2.38 bits per heavy atom. The summed E-state index contributed by atoms with van der Waals surface area (Å²) >= 11 is 0. The third kappa shape index (κ3) is 4.77. The monoisotopic (exact) mass is 431 g/mol. The van der Waals surface area contributed by atoms with Crippen molar-refractivity contribution in [2.24, 2.45) is 0 Å². The molecule has 1 fully saturated rings. The molecular weight excluding hydrogens is 404 g/mol. The van der Waals surface area contributed by atoms with Crippen LogP contribution in [0, 0.1) is 5.82 Å². The molecule has 0 saturated carbocycles. The summed E-state index contributed by atoms with van der Waals surface area (Å²) in [6.07, 6.45) is 2.36. The van der Waals surface area contributed by atoms with Crippen molar-refractivity contribution < 1.29 is 19.2 Å². The number of hydrogen-bond donors (Lipinski definition) is 2. The van der Waals surface area contributed by atoms with Crippen LogP contribution in [0.1, 0.15) is 47.2 Å². The molecule has 0 spiro atoms. The predicted octanol–water partition coefficient (Wildman–Crippen LogP) is 3.75. The van der Waals surface area contributed by atoms with Gasteiger partial charge in [0.1, 0.15) is 5.82 Å². The van der Waals surface area contributed by atoms with E-state index in [1.165, 1.54) is 0 Å². The van der Waals surface area contributed by atoms with Crippen molar-refractivity contribution in [3.05, 3.63) is 89.2 Å². The van der Waals surface area contributed by atoms with Crippen molar-refractivity contribution in [2.75, 3.05) is 13.1 Å². The Balaban J connectivity index is 1.47. The van der Waals surface area contributed by atoms with Crippen molar-refractivity contribution in [3.8, 4) is 11.1 Å². The second-order valence-electron chi connectivity index (χ2n) is 8.36. The molecular formula is C26H27BFNO3. The molecule has 6 heteroatoms. The molecule has 0 aromatic heterocycles.